The highest BCUT2D eigenvalue weighted by atomic mass is 19.1. The van der Waals surface area contributed by atoms with Crippen LogP contribution < -0.4 is 5.32 Å². The number of rotatable bonds is 4. The zero-order valence-corrected chi connectivity index (χ0v) is 10.5. The standard InChI is InChI=1S/C15H14FNO2/c1-19-15(18)12-8-5-9-13(14(12)16)17-10-11-6-3-2-4-7-11/h2-9,17H,10H2,1H3. The Labute approximate surface area is 111 Å². The third-order valence-electron chi connectivity index (χ3n) is 2.73. The van der Waals surface area contributed by atoms with Crippen LogP contribution in [-0.2, 0) is 11.3 Å². The highest BCUT2D eigenvalue weighted by Gasteiger charge is 2.14. The molecule has 0 aliphatic heterocycles. The zero-order valence-electron chi connectivity index (χ0n) is 10.5. The zero-order chi connectivity index (χ0) is 13.7. The lowest BCUT2D eigenvalue weighted by Crippen LogP contribution is -2.08. The number of hydrogen-bond acceptors (Lipinski definition) is 3. The third-order valence-corrected chi connectivity index (χ3v) is 2.73. The molecule has 0 radical (unpaired) electrons. The summed E-state index contributed by atoms with van der Waals surface area (Å²) >= 11 is 0. The van der Waals surface area contributed by atoms with Gasteiger partial charge in [-0.25, -0.2) is 9.18 Å². The first-order valence-electron chi connectivity index (χ1n) is 5.87. The number of esters is 1. The van der Waals surface area contributed by atoms with Gasteiger partial charge in [0.05, 0.1) is 18.4 Å². The van der Waals surface area contributed by atoms with Crippen LogP contribution in [0.15, 0.2) is 48.5 Å². The average molecular weight is 259 g/mol. The largest absolute Gasteiger partial charge is 0.465 e. The highest BCUT2D eigenvalue weighted by molar-refractivity contribution is 5.90. The van der Waals surface area contributed by atoms with Crippen molar-refractivity contribution in [3.63, 3.8) is 0 Å². The molecule has 0 heterocycles. The molecule has 0 fully saturated rings. The van der Waals surface area contributed by atoms with E-state index in [0.717, 1.165) is 5.56 Å². The molecule has 0 aromatic heterocycles. The van der Waals surface area contributed by atoms with Gasteiger partial charge in [0.15, 0.2) is 5.82 Å². The fraction of sp³-hybridized carbons (Fsp3) is 0.133. The highest BCUT2D eigenvalue weighted by Crippen LogP contribution is 2.19. The molecule has 2 rings (SSSR count). The van der Waals surface area contributed by atoms with Crippen molar-refractivity contribution in [2.45, 2.75) is 6.54 Å². The first kappa shape index (κ1) is 13.1. The Kier molecular flexibility index (Phi) is 4.13. The quantitative estimate of drug-likeness (QED) is 0.857. The number of carbonyl (C=O) groups is 1. The second-order valence-electron chi connectivity index (χ2n) is 4.00. The number of methoxy groups -OCH3 is 1. The van der Waals surface area contributed by atoms with Crippen LogP contribution in [0.1, 0.15) is 15.9 Å². The SMILES string of the molecule is COC(=O)c1cccc(NCc2ccccc2)c1F. The molecule has 0 atom stereocenters. The molecule has 4 heteroatoms. The van der Waals surface area contributed by atoms with Gasteiger partial charge < -0.3 is 10.1 Å². The Bertz CT molecular complexity index is 570. The van der Waals surface area contributed by atoms with Gasteiger partial charge in [0.1, 0.15) is 0 Å². The average Bonchev–Trinajstić information content (AvgIpc) is 2.46. The van der Waals surface area contributed by atoms with Gasteiger partial charge in [-0.1, -0.05) is 36.4 Å². The van der Waals surface area contributed by atoms with Crippen LogP contribution in [0.2, 0.25) is 0 Å². The molecule has 0 unspecified atom stereocenters. The van der Waals surface area contributed by atoms with E-state index >= 15 is 0 Å². The first-order valence-corrected chi connectivity index (χ1v) is 5.87. The number of benzene rings is 2. The lowest BCUT2D eigenvalue weighted by atomic mass is 10.1. The van der Waals surface area contributed by atoms with Crippen molar-refractivity contribution in [2.75, 3.05) is 12.4 Å². The molecule has 0 saturated carbocycles. The third kappa shape index (κ3) is 3.10. The molecule has 0 aliphatic carbocycles. The maximum absolute atomic E-state index is 14.0. The summed E-state index contributed by atoms with van der Waals surface area (Å²) in [5.41, 5.74) is 1.25. The molecule has 0 amide bonds. The van der Waals surface area contributed by atoms with E-state index in [1.807, 2.05) is 30.3 Å². The van der Waals surface area contributed by atoms with Gasteiger partial charge in [-0.15, -0.1) is 0 Å². The lowest BCUT2D eigenvalue weighted by molar-refractivity contribution is 0.0595. The number of halogens is 1. The van der Waals surface area contributed by atoms with Crippen LogP contribution in [0.3, 0.4) is 0 Å². The second-order valence-corrected chi connectivity index (χ2v) is 4.00. The molecule has 98 valence electrons. The van der Waals surface area contributed by atoms with Crippen LogP contribution in [0.4, 0.5) is 10.1 Å². The van der Waals surface area contributed by atoms with E-state index in [0.29, 0.717) is 6.54 Å². The van der Waals surface area contributed by atoms with Gasteiger partial charge in [-0.3, -0.25) is 0 Å². The minimum Gasteiger partial charge on any atom is -0.465 e. The Balaban J connectivity index is 2.15. The normalized spacial score (nSPS) is 10.0. The monoisotopic (exact) mass is 259 g/mol. The Morgan fingerprint density at radius 2 is 1.89 bits per heavy atom. The van der Waals surface area contributed by atoms with E-state index < -0.39 is 11.8 Å². The number of hydrogen-bond donors (Lipinski definition) is 1. The molecular weight excluding hydrogens is 245 g/mol. The van der Waals surface area contributed by atoms with E-state index in [-0.39, 0.29) is 11.3 Å². The Morgan fingerprint density at radius 1 is 1.16 bits per heavy atom. The number of carbonyl (C=O) groups excluding carboxylic acids is 1. The summed E-state index contributed by atoms with van der Waals surface area (Å²) in [6.45, 7) is 0.488. The molecule has 0 bridgehead atoms. The van der Waals surface area contributed by atoms with Crippen molar-refractivity contribution in [2.24, 2.45) is 0 Å². The summed E-state index contributed by atoms with van der Waals surface area (Å²) in [5, 5.41) is 2.97. The minimum absolute atomic E-state index is 0.0689. The summed E-state index contributed by atoms with van der Waals surface area (Å²) < 4.78 is 18.6. The topological polar surface area (TPSA) is 38.3 Å². The predicted octanol–water partition coefficient (Wildman–Crippen LogP) is 3.22. The maximum atomic E-state index is 14.0. The summed E-state index contributed by atoms with van der Waals surface area (Å²) in [4.78, 5) is 11.4. The number of nitrogens with one attached hydrogen (secondary N) is 1. The van der Waals surface area contributed by atoms with Gasteiger partial charge in [-0.2, -0.15) is 0 Å². The van der Waals surface area contributed by atoms with Gasteiger partial charge in [0.2, 0.25) is 0 Å². The predicted molar refractivity (Wildman–Crippen MR) is 71.5 cm³/mol. The molecule has 1 N–H and O–H groups in total. The van der Waals surface area contributed by atoms with E-state index in [1.165, 1.54) is 13.2 Å². The molecule has 0 aliphatic rings. The second kappa shape index (κ2) is 6.00. The summed E-state index contributed by atoms with van der Waals surface area (Å²) in [6.07, 6.45) is 0. The molecule has 19 heavy (non-hydrogen) atoms. The van der Waals surface area contributed by atoms with Crippen molar-refractivity contribution >= 4 is 11.7 Å². The van der Waals surface area contributed by atoms with Gasteiger partial charge in [0.25, 0.3) is 0 Å². The molecule has 0 spiro atoms. The molecule has 2 aromatic carbocycles. The molecular formula is C15H14FNO2. The number of ether oxygens (including phenoxy) is 1. The van der Waals surface area contributed by atoms with Crippen molar-refractivity contribution in [1.82, 2.24) is 0 Å². The van der Waals surface area contributed by atoms with E-state index in [1.54, 1.807) is 12.1 Å². The summed E-state index contributed by atoms with van der Waals surface area (Å²) in [7, 11) is 1.23. The summed E-state index contributed by atoms with van der Waals surface area (Å²) in [5.74, 6) is -1.27. The lowest BCUT2D eigenvalue weighted by Gasteiger charge is -2.09. The summed E-state index contributed by atoms with van der Waals surface area (Å²) in [6, 6.07) is 14.2. The van der Waals surface area contributed by atoms with Crippen molar-refractivity contribution in [3.05, 3.63) is 65.5 Å². The Morgan fingerprint density at radius 3 is 2.58 bits per heavy atom. The Hall–Kier alpha value is -2.36. The fourth-order valence-corrected chi connectivity index (χ4v) is 1.73. The van der Waals surface area contributed by atoms with E-state index in [9.17, 15) is 9.18 Å². The van der Waals surface area contributed by atoms with E-state index in [4.69, 9.17) is 0 Å². The van der Waals surface area contributed by atoms with Gasteiger partial charge in [-0.05, 0) is 17.7 Å². The molecule has 0 saturated heterocycles. The van der Waals surface area contributed by atoms with Crippen molar-refractivity contribution in [1.29, 1.82) is 0 Å². The van der Waals surface area contributed by atoms with Crippen molar-refractivity contribution < 1.29 is 13.9 Å². The minimum atomic E-state index is -0.680. The van der Waals surface area contributed by atoms with Gasteiger partial charge in [0, 0.05) is 6.54 Å². The molecule has 3 nitrogen and oxygen atoms in total. The number of anilines is 1. The van der Waals surface area contributed by atoms with Crippen molar-refractivity contribution in [3.8, 4) is 0 Å². The maximum Gasteiger partial charge on any atom is 0.340 e. The first-order chi connectivity index (χ1) is 9.22. The fourth-order valence-electron chi connectivity index (χ4n) is 1.73. The van der Waals surface area contributed by atoms with Crippen LogP contribution in [-0.4, -0.2) is 13.1 Å². The van der Waals surface area contributed by atoms with Gasteiger partial charge >= 0.3 is 5.97 Å². The molecule has 2 aromatic rings. The van der Waals surface area contributed by atoms with Crippen LogP contribution in [0.5, 0.6) is 0 Å². The van der Waals surface area contributed by atoms with Crippen LogP contribution in [0.25, 0.3) is 0 Å². The van der Waals surface area contributed by atoms with Crippen LogP contribution in [0, 0.1) is 5.82 Å². The van der Waals surface area contributed by atoms with E-state index in [2.05, 4.69) is 10.1 Å². The van der Waals surface area contributed by atoms with Crippen LogP contribution >= 0.6 is 0 Å². The smallest absolute Gasteiger partial charge is 0.340 e.